The van der Waals surface area contributed by atoms with Gasteiger partial charge in [0.15, 0.2) is 0 Å². The van der Waals surface area contributed by atoms with Gasteiger partial charge in [0.05, 0.1) is 17.7 Å². The molecule has 1 heterocycles. The molecule has 232 valence electrons. The van der Waals surface area contributed by atoms with Gasteiger partial charge in [-0.3, -0.25) is 4.79 Å². The molecule has 1 aliphatic carbocycles. The Kier molecular flexibility index (Phi) is 10.5. The van der Waals surface area contributed by atoms with Gasteiger partial charge in [0, 0.05) is 23.1 Å². The number of carbonyl (C=O) groups is 1. The second-order valence-electron chi connectivity index (χ2n) is 9.99. The molecule has 1 N–H and O–H groups in total. The van der Waals surface area contributed by atoms with Crippen molar-refractivity contribution in [1.82, 2.24) is 0 Å². The van der Waals surface area contributed by atoms with Crippen LogP contribution in [0.15, 0.2) is 53.4 Å². The summed E-state index contributed by atoms with van der Waals surface area (Å²) in [7, 11) is 0. The van der Waals surface area contributed by atoms with Crippen molar-refractivity contribution in [3.63, 3.8) is 0 Å². The van der Waals surface area contributed by atoms with Gasteiger partial charge < -0.3 is 14.6 Å². The van der Waals surface area contributed by atoms with Gasteiger partial charge in [-0.15, -0.1) is 11.8 Å². The first-order valence-corrected chi connectivity index (χ1v) is 15.9. The largest absolute Gasteiger partial charge is 0.494 e. The van der Waals surface area contributed by atoms with Crippen molar-refractivity contribution >= 4 is 29.5 Å². The molecule has 0 fully saturated rings. The van der Waals surface area contributed by atoms with Crippen molar-refractivity contribution in [1.29, 1.82) is 0 Å². The molecule has 0 saturated heterocycles. The minimum Gasteiger partial charge on any atom is -0.494 e. The lowest BCUT2D eigenvalue weighted by Crippen LogP contribution is -2.16. The molecule has 0 aromatic heterocycles. The SMILES string of the molecule is CC(=O)O.CSCCCOc1cc(C(F)(F)F)c(-c2cccc3c2CCC3Oc2ccc3c(c2)SCC3)c(C(F)(F)F)c1. The number of hydrogen-bond acceptors (Lipinski definition) is 5. The fraction of sp³-hybridized carbons (Fsp3) is 0.387. The second kappa shape index (κ2) is 13.8. The topological polar surface area (TPSA) is 55.8 Å². The highest BCUT2D eigenvalue weighted by Gasteiger charge is 2.43. The zero-order chi connectivity index (χ0) is 31.4. The summed E-state index contributed by atoms with van der Waals surface area (Å²) in [6.45, 7) is 1.11. The fourth-order valence-corrected chi connectivity index (χ4v) is 6.69. The first-order chi connectivity index (χ1) is 20.3. The van der Waals surface area contributed by atoms with Crippen molar-refractivity contribution in [2.24, 2.45) is 0 Å². The number of thioether (sulfide) groups is 2. The van der Waals surface area contributed by atoms with Crippen LogP contribution in [0.25, 0.3) is 11.1 Å². The van der Waals surface area contributed by atoms with Gasteiger partial charge in [-0.2, -0.15) is 38.1 Å². The summed E-state index contributed by atoms with van der Waals surface area (Å²) in [6, 6.07) is 11.8. The van der Waals surface area contributed by atoms with E-state index in [9.17, 15) is 26.3 Å². The summed E-state index contributed by atoms with van der Waals surface area (Å²) in [6.07, 6.45) is -6.40. The lowest BCUT2D eigenvalue weighted by Gasteiger charge is -2.23. The standard InChI is InChI=1S/C29H26F6O2S2.C2H4O2/c1-38-12-3-11-36-19-14-23(28(30,31)32)27(24(15-19)29(33,34)35)22-5-2-4-21-20(22)8-9-25(21)37-18-7-6-17-10-13-39-26(17)16-18;1-2(3)4/h2,4-7,14-16,25H,3,8-13H2,1H3;1H3,(H,3,4). The van der Waals surface area contributed by atoms with Gasteiger partial charge in [0.2, 0.25) is 0 Å². The number of hydrogen-bond donors (Lipinski definition) is 1. The highest BCUT2D eigenvalue weighted by atomic mass is 32.2. The van der Waals surface area contributed by atoms with Crippen LogP contribution in [0.2, 0.25) is 0 Å². The zero-order valence-electron chi connectivity index (χ0n) is 23.4. The minimum atomic E-state index is -5.02. The van der Waals surface area contributed by atoms with E-state index in [-0.39, 0.29) is 12.2 Å². The lowest BCUT2D eigenvalue weighted by molar-refractivity contribution is -0.142. The van der Waals surface area contributed by atoms with Crippen molar-refractivity contribution in [2.75, 3.05) is 24.4 Å². The van der Waals surface area contributed by atoms with Crippen molar-refractivity contribution in [3.8, 4) is 22.6 Å². The third-order valence-corrected chi connectivity index (χ3v) is 8.71. The molecule has 2 aliphatic rings. The lowest BCUT2D eigenvalue weighted by atomic mass is 9.88. The van der Waals surface area contributed by atoms with Crippen LogP contribution in [0.5, 0.6) is 11.5 Å². The highest BCUT2D eigenvalue weighted by molar-refractivity contribution is 7.99. The molecule has 0 amide bonds. The maximum absolute atomic E-state index is 14.3. The molecule has 0 saturated carbocycles. The van der Waals surface area contributed by atoms with E-state index in [1.807, 2.05) is 24.5 Å². The van der Waals surface area contributed by atoms with Crippen LogP contribution < -0.4 is 9.47 Å². The monoisotopic (exact) mass is 644 g/mol. The smallest absolute Gasteiger partial charge is 0.417 e. The quantitative estimate of drug-likeness (QED) is 0.195. The summed E-state index contributed by atoms with van der Waals surface area (Å²) >= 11 is 3.25. The van der Waals surface area contributed by atoms with E-state index in [0.29, 0.717) is 54.0 Å². The van der Waals surface area contributed by atoms with E-state index >= 15 is 0 Å². The maximum atomic E-state index is 14.3. The second-order valence-corrected chi connectivity index (χ2v) is 12.1. The molecule has 5 rings (SSSR count). The summed E-state index contributed by atoms with van der Waals surface area (Å²) in [4.78, 5) is 10.1. The molecule has 3 aromatic rings. The molecular weight excluding hydrogens is 614 g/mol. The predicted molar refractivity (Wildman–Crippen MR) is 156 cm³/mol. The number of alkyl halides is 6. The van der Waals surface area contributed by atoms with Gasteiger partial charge in [0.1, 0.15) is 17.6 Å². The highest BCUT2D eigenvalue weighted by Crippen LogP contribution is 2.50. The van der Waals surface area contributed by atoms with Crippen LogP contribution in [0, 0.1) is 0 Å². The van der Waals surface area contributed by atoms with Crippen LogP contribution >= 0.6 is 23.5 Å². The average Bonchev–Trinajstić information content (AvgIpc) is 3.56. The van der Waals surface area contributed by atoms with Gasteiger partial charge in [-0.1, -0.05) is 24.3 Å². The molecule has 12 heteroatoms. The molecule has 1 unspecified atom stereocenters. The Morgan fingerprint density at radius 1 is 1.00 bits per heavy atom. The first-order valence-electron chi connectivity index (χ1n) is 13.5. The molecule has 1 atom stereocenters. The summed E-state index contributed by atoms with van der Waals surface area (Å²) < 4.78 is 97.3. The number of carboxylic acids is 1. The van der Waals surface area contributed by atoms with Crippen LogP contribution in [-0.4, -0.2) is 35.4 Å². The molecule has 0 radical (unpaired) electrons. The Hall–Kier alpha value is -2.99. The normalized spacial score (nSPS) is 15.8. The molecule has 0 spiro atoms. The number of carboxylic acid groups (broad SMARTS) is 1. The average molecular weight is 645 g/mol. The van der Waals surface area contributed by atoms with Gasteiger partial charge in [0.25, 0.3) is 5.97 Å². The summed E-state index contributed by atoms with van der Waals surface area (Å²) in [5.41, 5.74) is -1.34. The Morgan fingerprint density at radius 2 is 1.67 bits per heavy atom. The molecule has 4 nitrogen and oxygen atoms in total. The Balaban J connectivity index is 0.000000996. The third kappa shape index (κ3) is 8.14. The van der Waals surface area contributed by atoms with E-state index in [0.717, 1.165) is 24.0 Å². The minimum absolute atomic E-state index is 0.0235. The van der Waals surface area contributed by atoms with Gasteiger partial charge >= 0.3 is 12.4 Å². The molecule has 0 bridgehead atoms. The summed E-state index contributed by atoms with van der Waals surface area (Å²) in [5, 5.41) is 7.42. The number of ether oxygens (including phenoxy) is 2. The van der Waals surface area contributed by atoms with Gasteiger partial charge in [-0.25, -0.2) is 0 Å². The van der Waals surface area contributed by atoms with Crippen molar-refractivity contribution in [2.45, 2.75) is 56.0 Å². The maximum Gasteiger partial charge on any atom is 0.417 e. The van der Waals surface area contributed by atoms with Crippen LogP contribution in [-0.2, 0) is 30.0 Å². The number of rotatable bonds is 8. The number of fused-ring (bicyclic) bond motifs is 2. The Labute approximate surface area is 254 Å². The molecule has 43 heavy (non-hydrogen) atoms. The van der Waals surface area contributed by atoms with E-state index < -0.39 is 46.9 Å². The Bertz CT molecular complexity index is 1420. The van der Waals surface area contributed by atoms with E-state index in [4.69, 9.17) is 19.4 Å². The van der Waals surface area contributed by atoms with Crippen molar-refractivity contribution < 1.29 is 45.7 Å². The number of halogens is 6. The third-order valence-electron chi connectivity index (χ3n) is 6.92. The molecule has 3 aromatic carbocycles. The summed E-state index contributed by atoms with van der Waals surface area (Å²) in [5.74, 6) is 1.04. The van der Waals surface area contributed by atoms with Crippen LogP contribution in [0.1, 0.15) is 53.7 Å². The fourth-order valence-electron chi connectivity index (χ4n) is 5.19. The van der Waals surface area contributed by atoms with E-state index in [1.165, 1.54) is 29.5 Å². The van der Waals surface area contributed by atoms with Gasteiger partial charge in [-0.05, 0) is 84.2 Å². The number of benzene rings is 3. The van der Waals surface area contributed by atoms with E-state index in [1.54, 1.807) is 17.8 Å². The predicted octanol–water partition coefficient (Wildman–Crippen LogP) is 9.33. The zero-order valence-corrected chi connectivity index (χ0v) is 25.0. The van der Waals surface area contributed by atoms with Crippen molar-refractivity contribution in [3.05, 3.63) is 76.3 Å². The van der Waals surface area contributed by atoms with Crippen LogP contribution in [0.3, 0.4) is 0 Å². The molecular formula is C31H30F6O4S2. The number of aryl methyl sites for hydroxylation is 1. The first kappa shape index (κ1) is 32.9. The van der Waals surface area contributed by atoms with E-state index in [2.05, 4.69) is 0 Å². The Morgan fingerprint density at radius 3 is 2.30 bits per heavy atom. The molecule has 1 aliphatic heterocycles. The number of aliphatic carboxylic acids is 1. The van der Waals surface area contributed by atoms with Crippen LogP contribution in [0.4, 0.5) is 26.3 Å².